The number of para-hydroxylation sites is 1. The number of carbonyl (C=O) groups is 1. The van der Waals surface area contributed by atoms with Gasteiger partial charge in [0.15, 0.2) is 5.16 Å². The molecule has 0 spiro atoms. The quantitative estimate of drug-likeness (QED) is 0.638. The first-order chi connectivity index (χ1) is 13.9. The van der Waals surface area contributed by atoms with Crippen molar-refractivity contribution in [3.63, 3.8) is 0 Å². The first-order valence-electron chi connectivity index (χ1n) is 10.2. The van der Waals surface area contributed by atoms with Crippen molar-refractivity contribution in [1.29, 1.82) is 0 Å². The third-order valence-electron chi connectivity index (χ3n) is 5.10. The van der Waals surface area contributed by atoms with Crippen LogP contribution in [0.5, 0.6) is 0 Å². The van der Waals surface area contributed by atoms with Gasteiger partial charge in [-0.3, -0.25) is 9.36 Å². The molecule has 3 rings (SSSR count). The first kappa shape index (κ1) is 21.6. The van der Waals surface area contributed by atoms with Gasteiger partial charge >= 0.3 is 5.69 Å². The maximum absolute atomic E-state index is 12.7. The van der Waals surface area contributed by atoms with Crippen LogP contribution in [0.3, 0.4) is 0 Å². The van der Waals surface area contributed by atoms with Gasteiger partial charge in [0.2, 0.25) is 5.91 Å². The van der Waals surface area contributed by atoms with E-state index in [1.165, 1.54) is 11.8 Å². The molecule has 0 aliphatic carbocycles. The minimum Gasteiger partial charge on any atom is -0.376 e. The molecule has 1 aromatic heterocycles. The highest BCUT2D eigenvalue weighted by Gasteiger charge is 2.21. The van der Waals surface area contributed by atoms with Gasteiger partial charge in [-0.1, -0.05) is 57.7 Å². The number of ether oxygens (including phenoxy) is 1. The Balaban J connectivity index is 1.69. The molecule has 1 saturated heterocycles. The highest BCUT2D eigenvalue weighted by atomic mass is 32.2. The normalized spacial score (nSPS) is 16.7. The molecular weight excluding hydrogens is 388 g/mol. The van der Waals surface area contributed by atoms with E-state index in [1.807, 2.05) is 6.07 Å². The number of thioether (sulfide) groups is 1. The monoisotopic (exact) mass is 418 g/mol. The zero-order valence-electron chi connectivity index (χ0n) is 17.5. The van der Waals surface area contributed by atoms with Gasteiger partial charge in [-0.05, 0) is 35.8 Å². The molecule has 1 atom stereocenters. The largest absolute Gasteiger partial charge is 0.376 e. The van der Waals surface area contributed by atoms with Crippen LogP contribution in [0, 0.1) is 0 Å². The number of H-pyrrole nitrogens is 1. The second-order valence-corrected chi connectivity index (χ2v) is 8.96. The molecule has 8 heteroatoms. The number of benzene rings is 1. The average molecular weight is 419 g/mol. The summed E-state index contributed by atoms with van der Waals surface area (Å²) in [5, 5.41) is 10.2. The summed E-state index contributed by atoms with van der Waals surface area (Å²) >= 11 is 1.26. The van der Waals surface area contributed by atoms with Crippen molar-refractivity contribution in [3.8, 4) is 0 Å². The fourth-order valence-corrected chi connectivity index (χ4v) is 4.32. The molecule has 1 aliphatic heterocycles. The van der Waals surface area contributed by atoms with Gasteiger partial charge in [0.25, 0.3) is 0 Å². The van der Waals surface area contributed by atoms with Crippen LogP contribution in [0.1, 0.15) is 63.5 Å². The van der Waals surface area contributed by atoms with Gasteiger partial charge in [-0.25, -0.2) is 9.89 Å². The minimum atomic E-state index is -0.268. The summed E-state index contributed by atoms with van der Waals surface area (Å²) in [6, 6.07) is 6.17. The van der Waals surface area contributed by atoms with Crippen molar-refractivity contribution in [2.24, 2.45) is 0 Å². The lowest BCUT2D eigenvalue weighted by molar-refractivity contribution is -0.113. The van der Waals surface area contributed by atoms with Crippen molar-refractivity contribution in [1.82, 2.24) is 14.8 Å². The molecule has 2 heterocycles. The summed E-state index contributed by atoms with van der Waals surface area (Å²) in [6.07, 6.45) is 1.98. The van der Waals surface area contributed by atoms with Crippen molar-refractivity contribution in [2.75, 3.05) is 17.7 Å². The molecular formula is C21H30N4O3S. The maximum Gasteiger partial charge on any atom is 0.344 e. The number of rotatable bonds is 8. The van der Waals surface area contributed by atoms with Gasteiger partial charge in [-0.15, -0.1) is 5.10 Å². The van der Waals surface area contributed by atoms with E-state index in [1.54, 1.807) is 4.57 Å². The van der Waals surface area contributed by atoms with E-state index >= 15 is 0 Å². The number of aromatic amines is 1. The number of amides is 1. The smallest absolute Gasteiger partial charge is 0.344 e. The van der Waals surface area contributed by atoms with Crippen molar-refractivity contribution in [2.45, 2.75) is 70.2 Å². The number of hydrogen-bond acceptors (Lipinski definition) is 5. The number of hydrogen-bond donors (Lipinski definition) is 2. The Bertz CT molecular complexity index is 871. The summed E-state index contributed by atoms with van der Waals surface area (Å²) in [6.45, 7) is 9.69. The standard InChI is InChI=1S/C21H30N4O3S/c1-13(2)16-8-5-9-17(14(3)4)19(16)22-18(26)12-29-21-24-23-20(27)25(21)11-15-7-6-10-28-15/h5,8-9,13-15H,6-7,10-12H2,1-4H3,(H,22,26)(H,23,27)/t15-/m0/s1. The van der Waals surface area contributed by atoms with E-state index in [2.05, 4.69) is 55.3 Å². The predicted octanol–water partition coefficient (Wildman–Crippen LogP) is 3.73. The molecule has 0 saturated carbocycles. The van der Waals surface area contributed by atoms with Crippen LogP contribution in [0.25, 0.3) is 0 Å². The zero-order chi connectivity index (χ0) is 21.0. The predicted molar refractivity (Wildman–Crippen MR) is 116 cm³/mol. The molecule has 1 fully saturated rings. The fourth-order valence-electron chi connectivity index (χ4n) is 3.57. The topological polar surface area (TPSA) is 89.0 Å². The molecule has 1 aliphatic rings. The van der Waals surface area contributed by atoms with E-state index in [9.17, 15) is 9.59 Å². The van der Waals surface area contributed by atoms with Crippen LogP contribution in [-0.2, 0) is 16.1 Å². The number of anilines is 1. The summed E-state index contributed by atoms with van der Waals surface area (Å²) < 4.78 is 7.19. The van der Waals surface area contributed by atoms with Gasteiger partial charge in [0.05, 0.1) is 18.4 Å². The van der Waals surface area contributed by atoms with Crippen LogP contribution in [0.15, 0.2) is 28.2 Å². The molecule has 2 aromatic rings. The number of aromatic nitrogens is 3. The summed E-state index contributed by atoms with van der Waals surface area (Å²) in [7, 11) is 0. The zero-order valence-corrected chi connectivity index (χ0v) is 18.3. The van der Waals surface area contributed by atoms with Gasteiger partial charge in [0.1, 0.15) is 0 Å². The third-order valence-corrected chi connectivity index (χ3v) is 6.08. The van der Waals surface area contributed by atoms with Crippen LogP contribution >= 0.6 is 11.8 Å². The Hall–Kier alpha value is -2.06. The summed E-state index contributed by atoms with van der Waals surface area (Å²) in [5.74, 6) is 0.683. The lowest BCUT2D eigenvalue weighted by Crippen LogP contribution is -2.25. The molecule has 0 unspecified atom stereocenters. The van der Waals surface area contributed by atoms with E-state index in [4.69, 9.17) is 4.74 Å². The van der Waals surface area contributed by atoms with Crippen LogP contribution in [-0.4, -0.2) is 39.1 Å². The molecule has 1 amide bonds. The summed E-state index contributed by atoms with van der Waals surface area (Å²) in [5.41, 5.74) is 2.90. The van der Waals surface area contributed by atoms with E-state index in [0.717, 1.165) is 36.3 Å². The Labute approximate surface area is 175 Å². The van der Waals surface area contributed by atoms with Gasteiger partial charge in [-0.2, -0.15) is 0 Å². The summed E-state index contributed by atoms with van der Waals surface area (Å²) in [4.78, 5) is 24.8. The van der Waals surface area contributed by atoms with Crippen molar-refractivity contribution < 1.29 is 9.53 Å². The van der Waals surface area contributed by atoms with E-state index in [0.29, 0.717) is 23.5 Å². The van der Waals surface area contributed by atoms with Crippen molar-refractivity contribution in [3.05, 3.63) is 39.8 Å². The third kappa shape index (κ3) is 5.30. The maximum atomic E-state index is 12.7. The van der Waals surface area contributed by atoms with Crippen LogP contribution in [0.2, 0.25) is 0 Å². The highest BCUT2D eigenvalue weighted by molar-refractivity contribution is 7.99. The Morgan fingerprint density at radius 3 is 2.59 bits per heavy atom. The van der Waals surface area contributed by atoms with Gasteiger partial charge in [0, 0.05) is 12.3 Å². The van der Waals surface area contributed by atoms with Crippen molar-refractivity contribution >= 4 is 23.4 Å². The van der Waals surface area contributed by atoms with E-state index < -0.39 is 0 Å². The highest BCUT2D eigenvalue weighted by Crippen LogP contribution is 2.32. The Kier molecular flexibility index (Phi) is 7.18. The SMILES string of the molecule is CC(C)c1cccc(C(C)C)c1NC(=O)CSc1n[nH]c(=O)n1C[C@@H]1CCCO1. The molecule has 0 radical (unpaired) electrons. The average Bonchev–Trinajstić information content (AvgIpc) is 3.31. The second-order valence-electron chi connectivity index (χ2n) is 8.01. The Morgan fingerprint density at radius 1 is 1.31 bits per heavy atom. The fraction of sp³-hybridized carbons (Fsp3) is 0.571. The molecule has 29 heavy (non-hydrogen) atoms. The Morgan fingerprint density at radius 2 is 2.00 bits per heavy atom. The first-order valence-corrected chi connectivity index (χ1v) is 11.2. The minimum absolute atomic E-state index is 0.0324. The van der Waals surface area contributed by atoms with E-state index in [-0.39, 0.29) is 23.5 Å². The number of carbonyl (C=O) groups excluding carboxylic acids is 1. The number of nitrogens with zero attached hydrogens (tertiary/aromatic N) is 2. The van der Waals surface area contributed by atoms with Crippen LogP contribution in [0.4, 0.5) is 5.69 Å². The molecule has 7 nitrogen and oxygen atoms in total. The lowest BCUT2D eigenvalue weighted by Gasteiger charge is -2.20. The van der Waals surface area contributed by atoms with Crippen LogP contribution < -0.4 is 11.0 Å². The molecule has 2 N–H and O–H groups in total. The second kappa shape index (κ2) is 9.63. The number of nitrogens with one attached hydrogen (secondary N) is 2. The van der Waals surface area contributed by atoms with Gasteiger partial charge < -0.3 is 10.1 Å². The molecule has 1 aromatic carbocycles. The lowest BCUT2D eigenvalue weighted by atomic mass is 9.92. The molecule has 158 valence electrons. The molecule has 0 bridgehead atoms.